The topological polar surface area (TPSA) is 29.5 Å². The zero-order valence-electron chi connectivity index (χ0n) is 16.4. The third-order valence-corrected chi connectivity index (χ3v) is 6.98. The molecule has 2 aromatic rings. The minimum atomic E-state index is -0.197. The van der Waals surface area contributed by atoms with Crippen LogP contribution in [-0.2, 0) is 17.8 Å². The number of amides is 1. The van der Waals surface area contributed by atoms with Gasteiger partial charge < -0.3 is 4.74 Å². The number of carbonyl (C=O) groups is 1. The molecule has 28 heavy (non-hydrogen) atoms. The summed E-state index contributed by atoms with van der Waals surface area (Å²) >= 11 is 0. The fourth-order valence-corrected chi connectivity index (χ4v) is 6.20. The van der Waals surface area contributed by atoms with E-state index in [1.807, 2.05) is 41.3 Å². The number of benzene rings is 2. The molecule has 0 aliphatic heterocycles. The first-order valence-electron chi connectivity index (χ1n) is 10.7. The van der Waals surface area contributed by atoms with Crippen LogP contribution in [-0.4, -0.2) is 16.6 Å². The zero-order chi connectivity index (χ0) is 19.0. The summed E-state index contributed by atoms with van der Waals surface area (Å²) < 4.78 is 6.34. The van der Waals surface area contributed by atoms with Crippen LogP contribution in [0, 0.1) is 17.8 Å². The van der Waals surface area contributed by atoms with Crippen LogP contribution in [0.5, 0.6) is 0 Å². The molecule has 4 bridgehead atoms. The van der Waals surface area contributed by atoms with Crippen molar-refractivity contribution in [2.45, 2.75) is 57.2 Å². The molecule has 4 aliphatic carbocycles. The molecular formula is C25H29NO2. The van der Waals surface area contributed by atoms with E-state index in [1.165, 1.54) is 19.3 Å². The standard InChI is InChI=1S/C25H29NO2/c27-24(28-25-14-21-11-22(15-25)13-23(12-21)16-25)26(17-19-7-3-1-4-8-19)18-20-9-5-2-6-10-20/h1-10,21-23H,11-18H2. The Hall–Kier alpha value is -2.29. The molecule has 4 aliphatic rings. The van der Waals surface area contributed by atoms with Crippen LogP contribution in [0.15, 0.2) is 60.7 Å². The second-order valence-electron chi connectivity index (χ2n) is 9.30. The van der Waals surface area contributed by atoms with E-state index < -0.39 is 0 Å². The van der Waals surface area contributed by atoms with Crippen LogP contribution in [0.1, 0.15) is 49.7 Å². The summed E-state index contributed by atoms with van der Waals surface area (Å²) in [6, 6.07) is 20.5. The molecule has 6 rings (SSSR count). The van der Waals surface area contributed by atoms with Crippen LogP contribution in [0.4, 0.5) is 4.79 Å². The second kappa shape index (κ2) is 7.27. The maximum atomic E-state index is 13.3. The molecule has 0 spiro atoms. The first kappa shape index (κ1) is 17.8. The SMILES string of the molecule is O=C(OC12CC3CC(CC(C3)C1)C2)N(Cc1ccccc1)Cc1ccccc1. The number of nitrogens with zero attached hydrogens (tertiary/aromatic N) is 1. The lowest BCUT2D eigenvalue weighted by Crippen LogP contribution is -2.54. The Bertz CT molecular complexity index is 740. The highest BCUT2D eigenvalue weighted by Crippen LogP contribution is 2.57. The number of carbonyl (C=O) groups excluding carboxylic acids is 1. The molecule has 3 heteroatoms. The van der Waals surface area contributed by atoms with E-state index in [-0.39, 0.29) is 11.7 Å². The quantitative estimate of drug-likeness (QED) is 0.661. The first-order chi connectivity index (χ1) is 13.7. The lowest BCUT2D eigenvalue weighted by molar-refractivity contribution is -0.134. The van der Waals surface area contributed by atoms with Crippen molar-refractivity contribution in [1.29, 1.82) is 0 Å². The van der Waals surface area contributed by atoms with Gasteiger partial charge in [0.05, 0.1) is 0 Å². The highest BCUT2D eigenvalue weighted by molar-refractivity contribution is 5.68. The molecule has 0 saturated heterocycles. The van der Waals surface area contributed by atoms with Crippen molar-refractivity contribution < 1.29 is 9.53 Å². The smallest absolute Gasteiger partial charge is 0.410 e. The summed E-state index contributed by atoms with van der Waals surface area (Å²) in [5.41, 5.74) is 2.08. The van der Waals surface area contributed by atoms with Crippen molar-refractivity contribution in [3.8, 4) is 0 Å². The van der Waals surface area contributed by atoms with E-state index in [0.717, 1.165) is 48.1 Å². The lowest BCUT2D eigenvalue weighted by Gasteiger charge is -2.55. The summed E-state index contributed by atoms with van der Waals surface area (Å²) in [6.45, 7) is 1.17. The summed E-state index contributed by atoms with van der Waals surface area (Å²) in [7, 11) is 0. The van der Waals surface area contributed by atoms with E-state index in [2.05, 4.69) is 24.3 Å². The van der Waals surface area contributed by atoms with Gasteiger partial charge in [0.1, 0.15) is 5.60 Å². The summed E-state index contributed by atoms with van der Waals surface area (Å²) in [5, 5.41) is 0. The zero-order valence-corrected chi connectivity index (χ0v) is 16.4. The highest BCUT2D eigenvalue weighted by Gasteiger charge is 2.53. The molecule has 0 atom stereocenters. The van der Waals surface area contributed by atoms with Crippen LogP contribution in [0.25, 0.3) is 0 Å². The van der Waals surface area contributed by atoms with E-state index >= 15 is 0 Å². The predicted octanol–water partition coefficient (Wildman–Crippen LogP) is 5.79. The lowest BCUT2D eigenvalue weighted by atomic mass is 9.54. The average molecular weight is 376 g/mol. The van der Waals surface area contributed by atoms with Gasteiger partial charge in [-0.05, 0) is 67.4 Å². The Labute approximate surface area is 167 Å². The van der Waals surface area contributed by atoms with E-state index in [9.17, 15) is 4.79 Å². The molecule has 0 heterocycles. The molecular weight excluding hydrogens is 346 g/mol. The van der Waals surface area contributed by atoms with Crippen LogP contribution >= 0.6 is 0 Å². The Balaban J connectivity index is 1.35. The van der Waals surface area contributed by atoms with Crippen molar-refractivity contribution in [3.63, 3.8) is 0 Å². The molecule has 0 unspecified atom stereocenters. The van der Waals surface area contributed by atoms with Gasteiger partial charge >= 0.3 is 6.09 Å². The van der Waals surface area contributed by atoms with Crippen LogP contribution in [0.3, 0.4) is 0 Å². The van der Waals surface area contributed by atoms with Gasteiger partial charge in [0.15, 0.2) is 0 Å². The number of hydrogen-bond acceptors (Lipinski definition) is 2. The minimum absolute atomic E-state index is 0.144. The van der Waals surface area contributed by atoms with Gasteiger partial charge in [0, 0.05) is 13.1 Å². The highest BCUT2D eigenvalue weighted by atomic mass is 16.6. The van der Waals surface area contributed by atoms with Gasteiger partial charge in [-0.1, -0.05) is 60.7 Å². The summed E-state index contributed by atoms with van der Waals surface area (Å²) in [5.74, 6) is 2.32. The normalized spacial score (nSPS) is 30.2. The molecule has 4 saturated carbocycles. The molecule has 0 N–H and O–H groups in total. The summed E-state index contributed by atoms with van der Waals surface area (Å²) in [6.07, 6.45) is 7.16. The maximum Gasteiger partial charge on any atom is 0.410 e. The van der Waals surface area contributed by atoms with Crippen molar-refractivity contribution in [2.75, 3.05) is 0 Å². The third-order valence-electron chi connectivity index (χ3n) is 6.98. The van der Waals surface area contributed by atoms with Crippen molar-refractivity contribution in [3.05, 3.63) is 71.8 Å². The Morgan fingerprint density at radius 2 is 1.21 bits per heavy atom. The van der Waals surface area contributed by atoms with Crippen LogP contribution < -0.4 is 0 Å². The molecule has 0 aromatic heterocycles. The number of hydrogen-bond donors (Lipinski definition) is 0. The predicted molar refractivity (Wildman–Crippen MR) is 110 cm³/mol. The van der Waals surface area contributed by atoms with Crippen molar-refractivity contribution >= 4 is 6.09 Å². The molecule has 2 aromatic carbocycles. The average Bonchev–Trinajstić information content (AvgIpc) is 2.68. The molecule has 1 amide bonds. The summed E-state index contributed by atoms with van der Waals surface area (Å²) in [4.78, 5) is 15.2. The van der Waals surface area contributed by atoms with Crippen molar-refractivity contribution in [1.82, 2.24) is 4.90 Å². The monoisotopic (exact) mass is 375 g/mol. The van der Waals surface area contributed by atoms with Gasteiger partial charge in [-0.2, -0.15) is 0 Å². The van der Waals surface area contributed by atoms with Gasteiger partial charge in [0.25, 0.3) is 0 Å². The van der Waals surface area contributed by atoms with Gasteiger partial charge in [0.2, 0.25) is 0 Å². The number of ether oxygens (including phenoxy) is 1. The van der Waals surface area contributed by atoms with E-state index in [1.54, 1.807) is 0 Å². The molecule has 146 valence electrons. The fourth-order valence-electron chi connectivity index (χ4n) is 6.20. The minimum Gasteiger partial charge on any atom is -0.443 e. The largest absolute Gasteiger partial charge is 0.443 e. The Morgan fingerprint density at radius 1 is 0.786 bits per heavy atom. The van der Waals surface area contributed by atoms with Gasteiger partial charge in [-0.15, -0.1) is 0 Å². The maximum absolute atomic E-state index is 13.3. The van der Waals surface area contributed by atoms with Gasteiger partial charge in [-0.3, -0.25) is 4.90 Å². The third kappa shape index (κ3) is 3.67. The van der Waals surface area contributed by atoms with Crippen molar-refractivity contribution in [2.24, 2.45) is 17.8 Å². The number of rotatable bonds is 5. The molecule has 3 nitrogen and oxygen atoms in total. The Morgan fingerprint density at radius 3 is 1.64 bits per heavy atom. The molecule has 4 fully saturated rings. The van der Waals surface area contributed by atoms with Crippen LogP contribution in [0.2, 0.25) is 0 Å². The fraction of sp³-hybridized carbons (Fsp3) is 0.480. The van der Waals surface area contributed by atoms with Gasteiger partial charge in [-0.25, -0.2) is 4.79 Å². The molecule has 0 radical (unpaired) electrons. The van der Waals surface area contributed by atoms with E-state index in [4.69, 9.17) is 4.74 Å². The first-order valence-corrected chi connectivity index (χ1v) is 10.7. The Kier molecular flexibility index (Phi) is 4.62. The van der Waals surface area contributed by atoms with E-state index in [0.29, 0.717) is 13.1 Å². The second-order valence-corrected chi connectivity index (χ2v) is 9.30.